The van der Waals surface area contributed by atoms with Crippen LogP contribution in [-0.4, -0.2) is 34.0 Å². The molecule has 0 spiro atoms. The van der Waals surface area contributed by atoms with Crippen LogP contribution in [0.4, 0.5) is 4.39 Å². The Balaban J connectivity index is 0.00000320. The summed E-state index contributed by atoms with van der Waals surface area (Å²) in [5, 5.41) is 3.93. The zero-order chi connectivity index (χ0) is 20.5. The number of hydrogen-bond donors (Lipinski definition) is 1. The smallest absolute Gasteiger partial charge is 0.226 e. The average Bonchev–Trinajstić information content (AvgIpc) is 3.21. The molecule has 2 aromatic carbocycles. The number of nitrogens with two attached hydrogens (primary N) is 1. The lowest BCUT2D eigenvalue weighted by Gasteiger charge is -2.22. The van der Waals surface area contributed by atoms with Crippen LogP contribution in [0.25, 0.3) is 11.4 Å². The van der Waals surface area contributed by atoms with Crippen molar-refractivity contribution >= 4 is 18.3 Å². The van der Waals surface area contributed by atoms with Crippen LogP contribution in [0.2, 0.25) is 0 Å². The standard InChI is InChI=1S/C22H25FN4O2.ClH/c23-19-12-10-18(11-13-19)22-25-20(29-26-22)8-4-9-21(28)27(15-5-14-24)16-17-6-2-1-3-7-17;/h1-3,6-7,10-13H,4-5,8-9,14-16,24H2;1H. The van der Waals surface area contributed by atoms with Gasteiger partial charge in [-0.15, -0.1) is 12.4 Å². The van der Waals surface area contributed by atoms with Gasteiger partial charge in [-0.25, -0.2) is 4.39 Å². The summed E-state index contributed by atoms with van der Waals surface area (Å²) in [5.41, 5.74) is 7.40. The molecular weight excluding hydrogens is 407 g/mol. The van der Waals surface area contributed by atoms with Crippen molar-refractivity contribution < 1.29 is 13.7 Å². The van der Waals surface area contributed by atoms with E-state index in [0.717, 1.165) is 12.0 Å². The Kier molecular flexibility index (Phi) is 9.44. The second-order valence-electron chi connectivity index (χ2n) is 6.82. The fourth-order valence-corrected chi connectivity index (χ4v) is 3.00. The quantitative estimate of drug-likeness (QED) is 0.523. The lowest BCUT2D eigenvalue weighted by Crippen LogP contribution is -2.32. The first kappa shape index (κ1) is 23.5. The molecule has 0 bridgehead atoms. The molecule has 0 saturated carbocycles. The molecule has 1 heterocycles. The van der Waals surface area contributed by atoms with E-state index < -0.39 is 0 Å². The van der Waals surface area contributed by atoms with Crippen LogP contribution < -0.4 is 5.73 Å². The molecule has 30 heavy (non-hydrogen) atoms. The normalized spacial score (nSPS) is 10.5. The number of rotatable bonds is 10. The third-order valence-corrected chi connectivity index (χ3v) is 4.55. The molecule has 0 atom stereocenters. The number of hydrogen-bond acceptors (Lipinski definition) is 5. The van der Waals surface area contributed by atoms with Gasteiger partial charge in [0, 0.05) is 31.5 Å². The van der Waals surface area contributed by atoms with E-state index in [1.807, 2.05) is 35.2 Å². The lowest BCUT2D eigenvalue weighted by molar-refractivity contribution is -0.132. The van der Waals surface area contributed by atoms with Gasteiger partial charge in [-0.1, -0.05) is 35.5 Å². The Hall–Kier alpha value is -2.77. The monoisotopic (exact) mass is 432 g/mol. The number of carbonyl (C=O) groups is 1. The molecule has 160 valence electrons. The molecule has 3 rings (SSSR count). The van der Waals surface area contributed by atoms with Crippen LogP contribution >= 0.6 is 12.4 Å². The molecule has 0 aliphatic rings. The van der Waals surface area contributed by atoms with Gasteiger partial charge in [-0.2, -0.15) is 4.98 Å². The molecular formula is C22H26ClFN4O2. The topological polar surface area (TPSA) is 85.2 Å². The highest BCUT2D eigenvalue weighted by Gasteiger charge is 2.15. The Morgan fingerprint density at radius 1 is 1.07 bits per heavy atom. The van der Waals surface area contributed by atoms with Gasteiger partial charge in [0.05, 0.1) is 0 Å². The van der Waals surface area contributed by atoms with E-state index in [2.05, 4.69) is 10.1 Å². The van der Waals surface area contributed by atoms with E-state index in [4.69, 9.17) is 10.3 Å². The van der Waals surface area contributed by atoms with Gasteiger partial charge in [-0.05, 0) is 49.2 Å². The first-order valence-corrected chi connectivity index (χ1v) is 9.76. The van der Waals surface area contributed by atoms with E-state index >= 15 is 0 Å². The molecule has 3 aromatic rings. The number of aromatic nitrogens is 2. The summed E-state index contributed by atoms with van der Waals surface area (Å²) in [6, 6.07) is 15.8. The molecule has 0 aliphatic carbocycles. The minimum atomic E-state index is -0.314. The molecule has 0 saturated heterocycles. The molecule has 0 radical (unpaired) electrons. The van der Waals surface area contributed by atoms with E-state index in [0.29, 0.717) is 56.2 Å². The number of aryl methyl sites for hydroxylation is 1. The van der Waals surface area contributed by atoms with Crippen molar-refractivity contribution in [2.24, 2.45) is 5.73 Å². The van der Waals surface area contributed by atoms with Crippen molar-refractivity contribution in [1.82, 2.24) is 15.0 Å². The van der Waals surface area contributed by atoms with Crippen molar-refractivity contribution in [3.63, 3.8) is 0 Å². The van der Waals surface area contributed by atoms with E-state index in [9.17, 15) is 9.18 Å². The molecule has 8 heteroatoms. The van der Waals surface area contributed by atoms with Crippen LogP contribution in [0.5, 0.6) is 0 Å². The average molecular weight is 433 g/mol. The molecule has 0 aliphatic heterocycles. The van der Waals surface area contributed by atoms with Crippen LogP contribution in [0.3, 0.4) is 0 Å². The molecule has 0 unspecified atom stereocenters. The number of amides is 1. The molecule has 1 aromatic heterocycles. The summed E-state index contributed by atoms with van der Waals surface area (Å²) in [7, 11) is 0. The summed E-state index contributed by atoms with van der Waals surface area (Å²) in [5.74, 6) is 0.653. The van der Waals surface area contributed by atoms with Crippen molar-refractivity contribution in [1.29, 1.82) is 0 Å². The first-order valence-electron chi connectivity index (χ1n) is 9.76. The highest BCUT2D eigenvalue weighted by molar-refractivity contribution is 5.85. The summed E-state index contributed by atoms with van der Waals surface area (Å²) >= 11 is 0. The van der Waals surface area contributed by atoms with E-state index in [1.54, 1.807) is 12.1 Å². The van der Waals surface area contributed by atoms with Crippen LogP contribution in [0, 0.1) is 5.82 Å². The molecule has 2 N–H and O–H groups in total. The number of carbonyl (C=O) groups excluding carboxylic acids is 1. The van der Waals surface area contributed by atoms with Gasteiger partial charge in [0.2, 0.25) is 17.6 Å². The summed E-state index contributed by atoms with van der Waals surface area (Å²) in [6.45, 7) is 1.77. The zero-order valence-corrected chi connectivity index (χ0v) is 17.5. The minimum Gasteiger partial charge on any atom is -0.339 e. The second-order valence-corrected chi connectivity index (χ2v) is 6.82. The molecule has 1 amide bonds. The summed E-state index contributed by atoms with van der Waals surface area (Å²) < 4.78 is 18.3. The Morgan fingerprint density at radius 2 is 1.80 bits per heavy atom. The Labute approximate surface area is 181 Å². The van der Waals surface area contributed by atoms with Gasteiger partial charge < -0.3 is 15.2 Å². The second kappa shape index (κ2) is 12.0. The van der Waals surface area contributed by atoms with Gasteiger partial charge in [0.25, 0.3) is 0 Å². The number of nitrogens with zero attached hydrogens (tertiary/aromatic N) is 3. The van der Waals surface area contributed by atoms with Gasteiger partial charge in [-0.3, -0.25) is 4.79 Å². The van der Waals surface area contributed by atoms with Crippen molar-refractivity contribution in [3.8, 4) is 11.4 Å². The van der Waals surface area contributed by atoms with E-state index in [-0.39, 0.29) is 24.1 Å². The van der Waals surface area contributed by atoms with Crippen LogP contribution in [-0.2, 0) is 17.8 Å². The third kappa shape index (κ3) is 6.93. The largest absolute Gasteiger partial charge is 0.339 e. The van der Waals surface area contributed by atoms with Gasteiger partial charge in [0.1, 0.15) is 5.82 Å². The summed E-state index contributed by atoms with van der Waals surface area (Å²) in [6.07, 6.45) is 2.28. The zero-order valence-electron chi connectivity index (χ0n) is 16.7. The first-order chi connectivity index (χ1) is 14.2. The van der Waals surface area contributed by atoms with Crippen LogP contribution in [0.1, 0.15) is 30.7 Å². The molecule has 6 nitrogen and oxygen atoms in total. The predicted molar refractivity (Wildman–Crippen MR) is 115 cm³/mol. The minimum absolute atomic E-state index is 0. The van der Waals surface area contributed by atoms with Crippen molar-refractivity contribution in [2.45, 2.75) is 32.2 Å². The SMILES string of the molecule is Cl.NCCCN(Cc1ccccc1)C(=O)CCCc1nc(-c2ccc(F)cc2)no1. The van der Waals surface area contributed by atoms with Gasteiger partial charge >= 0.3 is 0 Å². The number of halogens is 2. The maximum atomic E-state index is 13.0. The fraction of sp³-hybridized carbons (Fsp3) is 0.318. The van der Waals surface area contributed by atoms with Crippen molar-refractivity contribution in [2.75, 3.05) is 13.1 Å². The Bertz CT molecular complexity index is 903. The Morgan fingerprint density at radius 3 is 2.50 bits per heavy atom. The predicted octanol–water partition coefficient (Wildman–Crippen LogP) is 4.00. The fourth-order valence-electron chi connectivity index (χ4n) is 3.00. The maximum absolute atomic E-state index is 13.0. The van der Waals surface area contributed by atoms with Crippen molar-refractivity contribution in [3.05, 3.63) is 71.9 Å². The highest BCUT2D eigenvalue weighted by atomic mass is 35.5. The van der Waals surface area contributed by atoms with E-state index in [1.165, 1.54) is 12.1 Å². The van der Waals surface area contributed by atoms with Gasteiger partial charge in [0.15, 0.2) is 0 Å². The third-order valence-electron chi connectivity index (χ3n) is 4.55. The maximum Gasteiger partial charge on any atom is 0.226 e. The molecule has 0 fully saturated rings. The highest BCUT2D eigenvalue weighted by Crippen LogP contribution is 2.17. The lowest BCUT2D eigenvalue weighted by atomic mass is 10.1. The summed E-state index contributed by atoms with van der Waals surface area (Å²) in [4.78, 5) is 18.9. The van der Waals surface area contributed by atoms with Crippen LogP contribution in [0.15, 0.2) is 59.1 Å². The number of benzene rings is 2.